The maximum absolute atomic E-state index is 12.6. The zero-order valence-corrected chi connectivity index (χ0v) is 14.3. The summed E-state index contributed by atoms with van der Waals surface area (Å²) in [5.74, 6) is 0. The minimum absolute atomic E-state index is 0.352. The highest BCUT2D eigenvalue weighted by atomic mass is 32.2. The molecule has 0 atom stereocenters. The Hall–Kier alpha value is -1.59. The van der Waals surface area contributed by atoms with Gasteiger partial charge in [0.05, 0.1) is 4.90 Å². The molecule has 1 N–H and O–H groups in total. The van der Waals surface area contributed by atoms with E-state index >= 15 is 0 Å². The molecule has 4 nitrogen and oxygen atoms in total. The minimum atomic E-state index is -3.48. The fraction of sp³-hybridized carbons (Fsp3) is 0.412. The number of hydrogen-bond acceptors (Lipinski definition) is 3. The number of nitrogens with one attached hydrogen (secondary N) is 1. The topological polar surface area (TPSA) is 49.4 Å². The second-order valence-electron chi connectivity index (χ2n) is 5.63. The number of benzene rings is 2. The van der Waals surface area contributed by atoms with Gasteiger partial charge in [-0.2, -0.15) is 0 Å². The van der Waals surface area contributed by atoms with E-state index in [9.17, 15) is 8.42 Å². The van der Waals surface area contributed by atoms with Gasteiger partial charge in [0, 0.05) is 37.1 Å². The zero-order valence-electron chi connectivity index (χ0n) is 13.5. The Labute approximate surface area is 133 Å². The van der Waals surface area contributed by atoms with E-state index in [0.29, 0.717) is 11.4 Å². The first-order valence-corrected chi connectivity index (χ1v) is 9.14. The molecule has 0 saturated heterocycles. The zero-order chi connectivity index (χ0) is 16.2. The molecule has 0 aliphatic carbocycles. The van der Waals surface area contributed by atoms with Crippen LogP contribution in [0, 0.1) is 0 Å². The van der Waals surface area contributed by atoms with Crippen molar-refractivity contribution in [2.24, 2.45) is 0 Å². The second kappa shape index (κ2) is 7.11. The summed E-state index contributed by atoms with van der Waals surface area (Å²) in [5, 5.41) is 1.71. The highest BCUT2D eigenvalue weighted by molar-refractivity contribution is 7.89. The van der Waals surface area contributed by atoms with E-state index < -0.39 is 10.0 Å². The Morgan fingerprint density at radius 1 is 1.00 bits per heavy atom. The van der Waals surface area contributed by atoms with Gasteiger partial charge >= 0.3 is 0 Å². The predicted octanol–water partition coefficient (Wildman–Crippen LogP) is 3.37. The molecular formula is C17H24N2O2S. The Bertz CT molecular complexity index is 739. The van der Waals surface area contributed by atoms with Crippen molar-refractivity contribution in [3.05, 3.63) is 36.4 Å². The summed E-state index contributed by atoms with van der Waals surface area (Å²) < 4.78 is 27.8. The summed E-state index contributed by atoms with van der Waals surface area (Å²) in [6.45, 7) is 2.59. The average molecular weight is 320 g/mol. The monoisotopic (exact) mass is 320 g/mol. The normalized spacial score (nSPS) is 11.8. The molecule has 5 heteroatoms. The third kappa shape index (κ3) is 3.59. The van der Waals surface area contributed by atoms with E-state index in [2.05, 4.69) is 11.6 Å². The number of rotatable bonds is 7. The van der Waals surface area contributed by atoms with Crippen LogP contribution in [0.4, 0.5) is 5.69 Å². The van der Waals surface area contributed by atoms with Crippen molar-refractivity contribution in [1.82, 2.24) is 4.72 Å². The van der Waals surface area contributed by atoms with Crippen molar-refractivity contribution in [2.45, 2.75) is 31.1 Å². The Morgan fingerprint density at radius 2 is 1.68 bits per heavy atom. The van der Waals surface area contributed by atoms with Crippen LogP contribution in [0.5, 0.6) is 0 Å². The number of hydrogen-bond donors (Lipinski definition) is 1. The van der Waals surface area contributed by atoms with Gasteiger partial charge in [-0.15, -0.1) is 0 Å². The molecule has 0 bridgehead atoms. The van der Waals surface area contributed by atoms with Crippen molar-refractivity contribution < 1.29 is 8.42 Å². The van der Waals surface area contributed by atoms with Crippen LogP contribution in [-0.4, -0.2) is 29.1 Å². The maximum atomic E-state index is 12.6. The second-order valence-corrected chi connectivity index (χ2v) is 7.36. The van der Waals surface area contributed by atoms with Crippen molar-refractivity contribution in [3.8, 4) is 0 Å². The number of unbranched alkanes of at least 4 members (excludes halogenated alkanes) is 2. The lowest BCUT2D eigenvalue weighted by Crippen LogP contribution is -2.25. The quantitative estimate of drug-likeness (QED) is 0.796. The maximum Gasteiger partial charge on any atom is 0.241 e. The summed E-state index contributed by atoms with van der Waals surface area (Å²) in [6, 6.07) is 11.2. The molecular weight excluding hydrogens is 296 g/mol. The predicted molar refractivity (Wildman–Crippen MR) is 93.0 cm³/mol. The lowest BCUT2D eigenvalue weighted by Gasteiger charge is -2.17. The van der Waals surface area contributed by atoms with E-state index in [1.807, 2.05) is 43.3 Å². The van der Waals surface area contributed by atoms with E-state index in [1.165, 1.54) is 0 Å². The fourth-order valence-corrected chi connectivity index (χ4v) is 3.84. The molecule has 120 valence electrons. The lowest BCUT2D eigenvalue weighted by atomic mass is 10.1. The summed E-state index contributed by atoms with van der Waals surface area (Å²) in [4.78, 5) is 2.35. The van der Waals surface area contributed by atoms with Gasteiger partial charge < -0.3 is 4.90 Å². The van der Waals surface area contributed by atoms with Crippen molar-refractivity contribution in [1.29, 1.82) is 0 Å². The molecule has 0 amide bonds. The van der Waals surface area contributed by atoms with Crippen LogP contribution in [0.2, 0.25) is 0 Å². The van der Waals surface area contributed by atoms with Gasteiger partial charge in [-0.05, 0) is 18.6 Å². The Kier molecular flexibility index (Phi) is 5.42. The van der Waals surface area contributed by atoms with Crippen LogP contribution in [0.3, 0.4) is 0 Å². The van der Waals surface area contributed by atoms with Gasteiger partial charge in [0.1, 0.15) is 0 Å². The highest BCUT2D eigenvalue weighted by Gasteiger charge is 2.17. The molecule has 0 fully saturated rings. The van der Waals surface area contributed by atoms with Crippen molar-refractivity contribution >= 4 is 26.5 Å². The third-order valence-electron chi connectivity index (χ3n) is 3.70. The molecule has 0 spiro atoms. The van der Waals surface area contributed by atoms with E-state index in [0.717, 1.165) is 35.7 Å². The van der Waals surface area contributed by atoms with Gasteiger partial charge in [0.2, 0.25) is 10.0 Å². The standard InChI is InChI=1S/C17H24N2O2S/c1-4-5-6-13-18-22(20,21)17-12-8-9-14-15(17)10-7-11-16(14)19(2)3/h7-12,18H,4-6,13H2,1-3H3. The van der Waals surface area contributed by atoms with E-state index in [4.69, 9.17) is 0 Å². The minimum Gasteiger partial charge on any atom is -0.377 e. The first kappa shape index (κ1) is 16.8. The van der Waals surface area contributed by atoms with Crippen molar-refractivity contribution in [2.75, 3.05) is 25.5 Å². The van der Waals surface area contributed by atoms with Gasteiger partial charge in [-0.3, -0.25) is 0 Å². The Balaban J connectivity index is 2.41. The Morgan fingerprint density at radius 3 is 2.36 bits per heavy atom. The van der Waals surface area contributed by atoms with Crippen LogP contribution in [0.1, 0.15) is 26.2 Å². The molecule has 0 saturated carbocycles. The first-order valence-electron chi connectivity index (χ1n) is 7.66. The number of anilines is 1. The van der Waals surface area contributed by atoms with Crippen molar-refractivity contribution in [3.63, 3.8) is 0 Å². The fourth-order valence-electron chi connectivity index (χ4n) is 2.55. The van der Waals surface area contributed by atoms with Crippen LogP contribution < -0.4 is 9.62 Å². The van der Waals surface area contributed by atoms with Gasteiger partial charge in [0.25, 0.3) is 0 Å². The van der Waals surface area contributed by atoms with Gasteiger partial charge in [-0.1, -0.05) is 44.0 Å². The van der Waals surface area contributed by atoms with Crippen LogP contribution >= 0.6 is 0 Å². The SMILES string of the molecule is CCCCCNS(=O)(=O)c1cccc2c(N(C)C)cccc12. The third-order valence-corrected chi connectivity index (χ3v) is 5.22. The van der Waals surface area contributed by atoms with Gasteiger partial charge in [-0.25, -0.2) is 13.1 Å². The molecule has 0 aromatic heterocycles. The molecule has 0 heterocycles. The molecule has 0 aliphatic rings. The lowest BCUT2D eigenvalue weighted by molar-refractivity contribution is 0.577. The summed E-state index contributed by atoms with van der Waals surface area (Å²) >= 11 is 0. The first-order chi connectivity index (χ1) is 10.5. The van der Waals surface area contributed by atoms with E-state index in [1.54, 1.807) is 12.1 Å². The molecule has 22 heavy (non-hydrogen) atoms. The average Bonchev–Trinajstić information content (AvgIpc) is 2.50. The van der Waals surface area contributed by atoms with Gasteiger partial charge in [0.15, 0.2) is 0 Å². The summed E-state index contributed by atoms with van der Waals surface area (Å²) in [5.41, 5.74) is 1.01. The largest absolute Gasteiger partial charge is 0.377 e. The molecule has 0 radical (unpaired) electrons. The van der Waals surface area contributed by atoms with Crippen LogP contribution in [-0.2, 0) is 10.0 Å². The number of fused-ring (bicyclic) bond motifs is 1. The molecule has 2 aromatic rings. The number of sulfonamides is 1. The van der Waals surface area contributed by atoms with Crippen LogP contribution in [0.25, 0.3) is 10.8 Å². The summed E-state index contributed by atoms with van der Waals surface area (Å²) in [7, 11) is 0.436. The molecule has 0 unspecified atom stereocenters. The smallest absolute Gasteiger partial charge is 0.241 e. The number of nitrogens with zero attached hydrogens (tertiary/aromatic N) is 1. The van der Waals surface area contributed by atoms with E-state index in [-0.39, 0.29) is 0 Å². The molecule has 0 aliphatic heterocycles. The highest BCUT2D eigenvalue weighted by Crippen LogP contribution is 2.30. The summed E-state index contributed by atoms with van der Waals surface area (Å²) in [6.07, 6.45) is 2.97. The van der Waals surface area contributed by atoms with Crippen LogP contribution in [0.15, 0.2) is 41.3 Å². The molecule has 2 rings (SSSR count). The molecule has 2 aromatic carbocycles.